The number of rotatable bonds is 4. The van der Waals surface area contributed by atoms with Crippen molar-refractivity contribution in [2.24, 2.45) is 5.73 Å². The molecule has 1 rings (SSSR count). The lowest BCUT2D eigenvalue weighted by molar-refractivity contribution is 0.382. The Kier molecular flexibility index (Phi) is 4.03. The van der Waals surface area contributed by atoms with E-state index in [1.807, 2.05) is 6.92 Å². The van der Waals surface area contributed by atoms with E-state index in [4.69, 9.17) is 10.5 Å². The van der Waals surface area contributed by atoms with Crippen molar-refractivity contribution < 1.29 is 13.5 Å². The Morgan fingerprint density at radius 3 is 2.53 bits per heavy atom. The van der Waals surface area contributed by atoms with Gasteiger partial charge in [-0.3, -0.25) is 0 Å². The molecule has 15 heavy (non-hydrogen) atoms. The molecule has 1 unspecified atom stereocenters. The largest absolute Gasteiger partial charge is 0.494 e. The molecule has 0 aliphatic rings. The minimum Gasteiger partial charge on any atom is -0.494 e. The SMILES string of the molecule is COc1cc(C(C)CCN)c(F)cc1F. The summed E-state index contributed by atoms with van der Waals surface area (Å²) >= 11 is 0. The van der Waals surface area contributed by atoms with E-state index in [0.29, 0.717) is 18.5 Å². The maximum absolute atomic E-state index is 13.4. The average molecular weight is 215 g/mol. The van der Waals surface area contributed by atoms with Gasteiger partial charge in [-0.05, 0) is 30.5 Å². The summed E-state index contributed by atoms with van der Waals surface area (Å²) in [5.41, 5.74) is 5.83. The highest BCUT2D eigenvalue weighted by molar-refractivity contribution is 5.33. The molecule has 2 N–H and O–H groups in total. The zero-order chi connectivity index (χ0) is 11.4. The number of benzene rings is 1. The molecular weight excluding hydrogens is 200 g/mol. The van der Waals surface area contributed by atoms with Gasteiger partial charge in [0.2, 0.25) is 0 Å². The molecule has 4 heteroatoms. The van der Waals surface area contributed by atoms with E-state index in [1.54, 1.807) is 0 Å². The number of methoxy groups -OCH3 is 1. The zero-order valence-corrected chi connectivity index (χ0v) is 8.89. The van der Waals surface area contributed by atoms with Gasteiger partial charge in [0, 0.05) is 6.07 Å². The van der Waals surface area contributed by atoms with Gasteiger partial charge >= 0.3 is 0 Å². The molecule has 0 bridgehead atoms. The Morgan fingerprint density at radius 2 is 2.00 bits per heavy atom. The third kappa shape index (κ3) is 2.65. The van der Waals surface area contributed by atoms with Crippen LogP contribution in [0.1, 0.15) is 24.8 Å². The average Bonchev–Trinajstić information content (AvgIpc) is 2.18. The normalized spacial score (nSPS) is 12.6. The molecule has 84 valence electrons. The zero-order valence-electron chi connectivity index (χ0n) is 8.89. The number of ether oxygens (including phenoxy) is 1. The predicted molar refractivity (Wildman–Crippen MR) is 55.0 cm³/mol. The maximum atomic E-state index is 13.4. The minimum absolute atomic E-state index is 0.0375. The molecule has 0 aromatic heterocycles. The van der Waals surface area contributed by atoms with Crippen molar-refractivity contribution in [2.45, 2.75) is 19.3 Å². The molecule has 2 nitrogen and oxygen atoms in total. The fourth-order valence-corrected chi connectivity index (χ4v) is 1.48. The van der Waals surface area contributed by atoms with E-state index < -0.39 is 11.6 Å². The fraction of sp³-hybridized carbons (Fsp3) is 0.455. The van der Waals surface area contributed by atoms with Crippen LogP contribution in [0.15, 0.2) is 12.1 Å². The highest BCUT2D eigenvalue weighted by atomic mass is 19.1. The molecule has 1 aromatic rings. The molecule has 0 fully saturated rings. The summed E-state index contributed by atoms with van der Waals surface area (Å²) in [6, 6.07) is 2.24. The molecule has 0 heterocycles. The minimum atomic E-state index is -0.682. The van der Waals surface area contributed by atoms with Gasteiger partial charge in [-0.1, -0.05) is 6.92 Å². The summed E-state index contributed by atoms with van der Waals surface area (Å²) in [7, 11) is 1.35. The summed E-state index contributed by atoms with van der Waals surface area (Å²) < 4.78 is 31.3. The van der Waals surface area contributed by atoms with Gasteiger partial charge in [0.1, 0.15) is 5.82 Å². The van der Waals surface area contributed by atoms with Gasteiger partial charge in [0.25, 0.3) is 0 Å². The quantitative estimate of drug-likeness (QED) is 0.837. The van der Waals surface area contributed by atoms with Crippen LogP contribution in [0.25, 0.3) is 0 Å². The van der Waals surface area contributed by atoms with Gasteiger partial charge in [0.15, 0.2) is 11.6 Å². The first-order valence-corrected chi connectivity index (χ1v) is 4.83. The Balaban J connectivity index is 3.06. The summed E-state index contributed by atoms with van der Waals surface area (Å²) in [4.78, 5) is 0. The molecule has 0 spiro atoms. The second-order valence-corrected chi connectivity index (χ2v) is 3.49. The van der Waals surface area contributed by atoms with E-state index in [2.05, 4.69) is 0 Å². The van der Waals surface area contributed by atoms with Crippen LogP contribution in [0, 0.1) is 11.6 Å². The van der Waals surface area contributed by atoms with E-state index in [1.165, 1.54) is 13.2 Å². The van der Waals surface area contributed by atoms with Gasteiger partial charge < -0.3 is 10.5 Å². The molecule has 0 amide bonds. The standard InChI is InChI=1S/C11H15F2NO/c1-7(3-4-14)8-5-11(15-2)10(13)6-9(8)12/h5-7H,3-4,14H2,1-2H3. The predicted octanol–water partition coefficient (Wildman–Crippen LogP) is 2.43. The molecule has 1 aromatic carbocycles. The summed E-state index contributed by atoms with van der Waals surface area (Å²) in [6.45, 7) is 2.32. The van der Waals surface area contributed by atoms with E-state index in [-0.39, 0.29) is 11.7 Å². The second-order valence-electron chi connectivity index (χ2n) is 3.49. The van der Waals surface area contributed by atoms with Crippen LogP contribution in [0.5, 0.6) is 5.75 Å². The van der Waals surface area contributed by atoms with Crippen LogP contribution in [0.4, 0.5) is 8.78 Å². The maximum Gasteiger partial charge on any atom is 0.167 e. The van der Waals surface area contributed by atoms with E-state index in [0.717, 1.165) is 6.07 Å². The first kappa shape index (κ1) is 11.9. The summed E-state index contributed by atoms with van der Waals surface area (Å²) in [5, 5.41) is 0. The molecular formula is C11H15F2NO. The fourth-order valence-electron chi connectivity index (χ4n) is 1.48. The molecule has 0 aliphatic heterocycles. The van der Waals surface area contributed by atoms with Crippen LogP contribution in [0.2, 0.25) is 0 Å². The summed E-state index contributed by atoms with van der Waals surface area (Å²) in [5.74, 6) is -1.20. The Labute approximate surface area is 88.0 Å². The number of hydrogen-bond acceptors (Lipinski definition) is 2. The van der Waals surface area contributed by atoms with Crippen molar-refractivity contribution >= 4 is 0 Å². The third-order valence-electron chi connectivity index (χ3n) is 2.40. The molecule has 1 atom stereocenters. The van der Waals surface area contributed by atoms with Crippen LogP contribution in [-0.4, -0.2) is 13.7 Å². The summed E-state index contributed by atoms with van der Waals surface area (Å²) in [6.07, 6.45) is 0.658. The highest BCUT2D eigenvalue weighted by Gasteiger charge is 2.14. The van der Waals surface area contributed by atoms with Crippen LogP contribution < -0.4 is 10.5 Å². The monoisotopic (exact) mass is 215 g/mol. The lowest BCUT2D eigenvalue weighted by Crippen LogP contribution is -2.07. The van der Waals surface area contributed by atoms with Crippen molar-refractivity contribution in [3.05, 3.63) is 29.3 Å². The molecule has 0 aliphatic carbocycles. The van der Waals surface area contributed by atoms with Crippen LogP contribution in [-0.2, 0) is 0 Å². The topological polar surface area (TPSA) is 35.2 Å². The molecule has 0 saturated heterocycles. The first-order valence-electron chi connectivity index (χ1n) is 4.83. The van der Waals surface area contributed by atoms with Crippen molar-refractivity contribution in [2.75, 3.05) is 13.7 Å². The van der Waals surface area contributed by atoms with Gasteiger partial charge in [0.05, 0.1) is 7.11 Å². The van der Waals surface area contributed by atoms with Crippen molar-refractivity contribution in [3.8, 4) is 5.75 Å². The van der Waals surface area contributed by atoms with Crippen molar-refractivity contribution in [1.82, 2.24) is 0 Å². The smallest absolute Gasteiger partial charge is 0.167 e. The molecule has 0 radical (unpaired) electrons. The van der Waals surface area contributed by atoms with E-state index >= 15 is 0 Å². The van der Waals surface area contributed by atoms with E-state index in [9.17, 15) is 8.78 Å². The van der Waals surface area contributed by atoms with Gasteiger partial charge in [-0.15, -0.1) is 0 Å². The highest BCUT2D eigenvalue weighted by Crippen LogP contribution is 2.28. The first-order chi connectivity index (χ1) is 7.10. The molecule has 0 saturated carbocycles. The number of nitrogens with two attached hydrogens (primary N) is 1. The Morgan fingerprint density at radius 1 is 1.33 bits per heavy atom. The lowest BCUT2D eigenvalue weighted by atomic mass is 9.97. The Bertz CT molecular complexity index is 342. The van der Waals surface area contributed by atoms with Gasteiger partial charge in [-0.2, -0.15) is 0 Å². The number of hydrogen-bond donors (Lipinski definition) is 1. The second kappa shape index (κ2) is 5.07. The van der Waals surface area contributed by atoms with Crippen molar-refractivity contribution in [1.29, 1.82) is 0 Å². The third-order valence-corrected chi connectivity index (χ3v) is 2.40. The van der Waals surface area contributed by atoms with Crippen LogP contribution in [0.3, 0.4) is 0 Å². The van der Waals surface area contributed by atoms with Gasteiger partial charge in [-0.25, -0.2) is 8.78 Å². The van der Waals surface area contributed by atoms with Crippen LogP contribution >= 0.6 is 0 Å². The Hall–Kier alpha value is -1.16. The lowest BCUT2D eigenvalue weighted by Gasteiger charge is -2.13. The number of halogens is 2. The van der Waals surface area contributed by atoms with Crippen molar-refractivity contribution in [3.63, 3.8) is 0 Å².